The van der Waals surface area contributed by atoms with Crippen molar-refractivity contribution in [2.45, 2.75) is 20.4 Å². The summed E-state index contributed by atoms with van der Waals surface area (Å²) in [5, 5.41) is 4.74. The molecule has 112 valence electrons. The first-order valence-corrected chi connectivity index (χ1v) is 7.52. The molecule has 2 aromatic rings. The van der Waals surface area contributed by atoms with E-state index in [-0.39, 0.29) is 0 Å². The summed E-state index contributed by atoms with van der Waals surface area (Å²) in [6, 6.07) is 3.75. The van der Waals surface area contributed by atoms with Crippen molar-refractivity contribution >= 4 is 17.4 Å². The van der Waals surface area contributed by atoms with Gasteiger partial charge in [0.05, 0.1) is 10.7 Å². The summed E-state index contributed by atoms with van der Waals surface area (Å²) in [6.07, 6.45) is 1.79. The smallest absolute Gasteiger partial charge is 0.147 e. The van der Waals surface area contributed by atoms with Crippen molar-refractivity contribution in [3.05, 3.63) is 40.4 Å². The molecule has 21 heavy (non-hydrogen) atoms. The molecule has 0 bridgehead atoms. The quantitative estimate of drug-likeness (QED) is 0.872. The number of anilines is 1. The fourth-order valence-corrected chi connectivity index (χ4v) is 2.92. The lowest BCUT2D eigenvalue weighted by molar-refractivity contribution is 0.247. The summed E-state index contributed by atoms with van der Waals surface area (Å²) >= 11 is 6.21. The summed E-state index contributed by atoms with van der Waals surface area (Å²) in [5.41, 5.74) is 2.20. The Kier molecular flexibility index (Phi) is 4.12. The van der Waals surface area contributed by atoms with Crippen LogP contribution in [0, 0.1) is 13.8 Å². The molecular formula is C15H19ClN4O. The van der Waals surface area contributed by atoms with Gasteiger partial charge < -0.3 is 9.42 Å². The van der Waals surface area contributed by atoms with Crippen molar-refractivity contribution in [3.8, 4) is 0 Å². The van der Waals surface area contributed by atoms with Crippen molar-refractivity contribution in [1.29, 1.82) is 0 Å². The van der Waals surface area contributed by atoms with E-state index in [1.54, 1.807) is 6.20 Å². The number of rotatable bonds is 3. The molecule has 0 spiro atoms. The number of nitrogens with zero attached hydrogens (tertiary/aromatic N) is 4. The van der Waals surface area contributed by atoms with E-state index in [9.17, 15) is 0 Å². The minimum absolute atomic E-state index is 0.719. The SMILES string of the molecule is Cc1noc(C)c1CN1CCN(c2ncccc2Cl)CC1. The molecule has 3 rings (SSSR count). The monoisotopic (exact) mass is 306 g/mol. The van der Waals surface area contributed by atoms with E-state index in [4.69, 9.17) is 16.1 Å². The molecule has 1 saturated heterocycles. The van der Waals surface area contributed by atoms with Crippen LogP contribution in [0.3, 0.4) is 0 Å². The van der Waals surface area contributed by atoms with Gasteiger partial charge in [-0.2, -0.15) is 0 Å². The number of aryl methyl sites for hydroxylation is 2. The summed E-state index contributed by atoms with van der Waals surface area (Å²) in [5.74, 6) is 1.80. The van der Waals surface area contributed by atoms with E-state index in [0.29, 0.717) is 0 Å². The van der Waals surface area contributed by atoms with Gasteiger partial charge in [0.2, 0.25) is 0 Å². The lowest BCUT2D eigenvalue weighted by Gasteiger charge is -2.35. The van der Waals surface area contributed by atoms with Crippen molar-refractivity contribution in [2.24, 2.45) is 0 Å². The topological polar surface area (TPSA) is 45.4 Å². The highest BCUT2D eigenvalue weighted by Crippen LogP contribution is 2.24. The lowest BCUT2D eigenvalue weighted by atomic mass is 10.2. The molecule has 0 unspecified atom stereocenters. The third-order valence-electron chi connectivity index (χ3n) is 3.97. The first-order chi connectivity index (χ1) is 10.1. The molecule has 2 aromatic heterocycles. The van der Waals surface area contributed by atoms with Crippen LogP contribution in [0.15, 0.2) is 22.9 Å². The molecule has 0 atom stereocenters. The number of halogens is 1. The van der Waals surface area contributed by atoms with Gasteiger partial charge in [-0.3, -0.25) is 4.90 Å². The van der Waals surface area contributed by atoms with Crippen LogP contribution in [0.1, 0.15) is 17.0 Å². The average molecular weight is 307 g/mol. The Morgan fingerprint density at radius 1 is 1.24 bits per heavy atom. The van der Waals surface area contributed by atoms with Gasteiger partial charge in [0.1, 0.15) is 11.6 Å². The molecule has 3 heterocycles. The maximum absolute atomic E-state index is 6.21. The van der Waals surface area contributed by atoms with Gasteiger partial charge in [-0.05, 0) is 26.0 Å². The number of hydrogen-bond donors (Lipinski definition) is 0. The third kappa shape index (κ3) is 3.04. The normalized spacial score (nSPS) is 16.4. The zero-order valence-electron chi connectivity index (χ0n) is 12.3. The predicted octanol–water partition coefficient (Wildman–Crippen LogP) is 2.66. The molecule has 0 N–H and O–H groups in total. The molecule has 1 fully saturated rings. The van der Waals surface area contributed by atoms with Crippen molar-refractivity contribution < 1.29 is 4.52 Å². The Morgan fingerprint density at radius 2 is 2.00 bits per heavy atom. The molecule has 0 aliphatic carbocycles. The Balaban J connectivity index is 1.62. The van der Waals surface area contributed by atoms with Gasteiger partial charge in [0.25, 0.3) is 0 Å². The highest BCUT2D eigenvalue weighted by molar-refractivity contribution is 6.32. The zero-order valence-corrected chi connectivity index (χ0v) is 13.1. The van der Waals surface area contributed by atoms with Crippen LogP contribution in [0.5, 0.6) is 0 Å². The van der Waals surface area contributed by atoms with Crippen LogP contribution in [0.2, 0.25) is 5.02 Å². The Hall–Kier alpha value is -1.59. The van der Waals surface area contributed by atoms with E-state index in [0.717, 1.165) is 55.0 Å². The molecule has 0 saturated carbocycles. The second-order valence-corrected chi connectivity index (χ2v) is 5.78. The van der Waals surface area contributed by atoms with E-state index in [1.807, 2.05) is 26.0 Å². The summed E-state index contributed by atoms with van der Waals surface area (Å²) in [4.78, 5) is 9.04. The van der Waals surface area contributed by atoms with Gasteiger partial charge in [-0.1, -0.05) is 16.8 Å². The molecule has 1 aliphatic heterocycles. The van der Waals surface area contributed by atoms with Crippen LogP contribution in [0.4, 0.5) is 5.82 Å². The first-order valence-electron chi connectivity index (χ1n) is 7.14. The minimum atomic E-state index is 0.719. The predicted molar refractivity (Wildman–Crippen MR) is 82.7 cm³/mol. The third-order valence-corrected chi connectivity index (χ3v) is 4.27. The van der Waals surface area contributed by atoms with Gasteiger partial charge in [-0.15, -0.1) is 0 Å². The van der Waals surface area contributed by atoms with E-state index in [2.05, 4.69) is 19.9 Å². The van der Waals surface area contributed by atoms with Gasteiger partial charge in [-0.25, -0.2) is 4.98 Å². The first kappa shape index (κ1) is 14.4. The van der Waals surface area contributed by atoms with Gasteiger partial charge in [0, 0.05) is 44.5 Å². The molecule has 0 radical (unpaired) electrons. The fraction of sp³-hybridized carbons (Fsp3) is 0.467. The Labute approximate surface area is 129 Å². The minimum Gasteiger partial charge on any atom is -0.361 e. The highest BCUT2D eigenvalue weighted by atomic mass is 35.5. The molecule has 5 nitrogen and oxygen atoms in total. The maximum atomic E-state index is 6.21. The largest absolute Gasteiger partial charge is 0.361 e. The van der Waals surface area contributed by atoms with Crippen LogP contribution >= 0.6 is 11.6 Å². The number of aromatic nitrogens is 2. The maximum Gasteiger partial charge on any atom is 0.147 e. The lowest BCUT2D eigenvalue weighted by Crippen LogP contribution is -2.46. The molecule has 1 aliphatic rings. The summed E-state index contributed by atoms with van der Waals surface area (Å²) in [7, 11) is 0. The number of piperazine rings is 1. The van der Waals surface area contributed by atoms with Crippen molar-refractivity contribution in [1.82, 2.24) is 15.0 Å². The van der Waals surface area contributed by atoms with Crippen molar-refractivity contribution in [2.75, 3.05) is 31.1 Å². The molecular weight excluding hydrogens is 288 g/mol. The van der Waals surface area contributed by atoms with Crippen LogP contribution < -0.4 is 4.90 Å². The second kappa shape index (κ2) is 6.03. The van der Waals surface area contributed by atoms with Crippen molar-refractivity contribution in [3.63, 3.8) is 0 Å². The average Bonchev–Trinajstić information content (AvgIpc) is 2.81. The van der Waals surface area contributed by atoms with Gasteiger partial charge >= 0.3 is 0 Å². The van der Waals surface area contributed by atoms with Crippen LogP contribution in [-0.4, -0.2) is 41.2 Å². The Bertz CT molecular complexity index is 600. The highest BCUT2D eigenvalue weighted by Gasteiger charge is 2.21. The summed E-state index contributed by atoms with van der Waals surface area (Å²) in [6.45, 7) is 8.69. The fourth-order valence-electron chi connectivity index (χ4n) is 2.68. The second-order valence-electron chi connectivity index (χ2n) is 5.37. The zero-order chi connectivity index (χ0) is 14.8. The number of pyridine rings is 1. The molecule has 0 aromatic carbocycles. The van der Waals surface area contributed by atoms with E-state index >= 15 is 0 Å². The Morgan fingerprint density at radius 3 is 2.62 bits per heavy atom. The number of hydrogen-bond acceptors (Lipinski definition) is 5. The summed E-state index contributed by atoms with van der Waals surface area (Å²) < 4.78 is 5.23. The van der Waals surface area contributed by atoms with E-state index in [1.165, 1.54) is 5.56 Å². The van der Waals surface area contributed by atoms with Crippen LogP contribution in [0.25, 0.3) is 0 Å². The van der Waals surface area contributed by atoms with Gasteiger partial charge in [0.15, 0.2) is 0 Å². The molecule has 0 amide bonds. The standard InChI is InChI=1S/C15H19ClN4O/c1-11-13(12(2)21-18-11)10-19-6-8-20(9-7-19)15-14(16)4-3-5-17-15/h3-5H,6-10H2,1-2H3. The van der Waals surface area contributed by atoms with E-state index < -0.39 is 0 Å². The van der Waals surface area contributed by atoms with Crippen LogP contribution in [-0.2, 0) is 6.54 Å². The molecule has 6 heteroatoms.